The molecule has 2 aromatic carbocycles. The fraction of sp³-hybridized carbons (Fsp3) is 0.308. The highest BCUT2D eigenvalue weighted by Gasteiger charge is 2.24. The van der Waals surface area contributed by atoms with Crippen molar-refractivity contribution >= 4 is 17.5 Å². The number of ether oxygens (including phenoxy) is 1. The maximum absolute atomic E-state index is 13.4. The molecular weight excluding hydrogens is 469 g/mol. The number of halogens is 1. The number of nitrogens with zero attached hydrogens (tertiary/aromatic N) is 3. The number of benzene rings is 2. The van der Waals surface area contributed by atoms with Crippen LogP contribution in [0.15, 0.2) is 71.3 Å². The minimum atomic E-state index is -0.574. The minimum absolute atomic E-state index is 0.115. The molecule has 36 heavy (non-hydrogen) atoms. The third kappa shape index (κ3) is 7.74. The molecule has 0 fully saturated rings. The molecule has 1 heterocycles. The number of furan rings is 1. The van der Waals surface area contributed by atoms with E-state index in [9.17, 15) is 24.1 Å². The molecule has 0 aliphatic heterocycles. The average Bonchev–Trinajstić information content (AvgIpc) is 3.39. The Balaban J connectivity index is 1.81. The Morgan fingerprint density at radius 1 is 1.06 bits per heavy atom. The van der Waals surface area contributed by atoms with Crippen molar-refractivity contribution in [1.29, 1.82) is 0 Å². The van der Waals surface area contributed by atoms with Gasteiger partial charge in [-0.2, -0.15) is 0 Å². The van der Waals surface area contributed by atoms with Crippen LogP contribution in [0.1, 0.15) is 35.0 Å². The minimum Gasteiger partial charge on any atom is -0.467 e. The lowest BCUT2D eigenvalue weighted by atomic mass is 10.1. The Labute approximate surface area is 208 Å². The topological polar surface area (TPSA) is 106 Å². The zero-order chi connectivity index (χ0) is 25.9. The first-order valence-corrected chi connectivity index (χ1v) is 11.5. The van der Waals surface area contributed by atoms with E-state index in [-0.39, 0.29) is 49.2 Å². The number of hydrogen-bond donors (Lipinski definition) is 0. The van der Waals surface area contributed by atoms with Crippen LogP contribution in [0.2, 0.25) is 0 Å². The number of hydrogen-bond acceptors (Lipinski definition) is 6. The predicted molar refractivity (Wildman–Crippen MR) is 129 cm³/mol. The summed E-state index contributed by atoms with van der Waals surface area (Å²) in [6.07, 6.45) is 1.99. The Hall–Kier alpha value is -4.05. The number of nitro groups is 1. The maximum Gasteiger partial charge on any atom is 0.270 e. The maximum atomic E-state index is 13.4. The lowest BCUT2D eigenvalue weighted by molar-refractivity contribution is -0.384. The molecule has 2 amide bonds. The highest BCUT2D eigenvalue weighted by atomic mass is 19.1. The van der Waals surface area contributed by atoms with Crippen LogP contribution in [0.4, 0.5) is 10.1 Å². The molecule has 3 rings (SSSR count). The lowest BCUT2D eigenvalue weighted by Gasteiger charge is -2.27. The smallest absolute Gasteiger partial charge is 0.270 e. The largest absolute Gasteiger partial charge is 0.467 e. The molecule has 0 unspecified atom stereocenters. The molecule has 9 nitrogen and oxygen atoms in total. The van der Waals surface area contributed by atoms with Gasteiger partial charge in [-0.3, -0.25) is 19.7 Å². The van der Waals surface area contributed by atoms with Crippen LogP contribution >= 0.6 is 0 Å². The Morgan fingerprint density at radius 2 is 1.83 bits per heavy atom. The summed E-state index contributed by atoms with van der Waals surface area (Å²) < 4.78 is 24.1. The molecule has 0 radical (unpaired) electrons. The first kappa shape index (κ1) is 26.6. The van der Waals surface area contributed by atoms with E-state index in [0.29, 0.717) is 31.0 Å². The van der Waals surface area contributed by atoms with Crippen molar-refractivity contribution in [2.45, 2.75) is 26.4 Å². The molecule has 190 valence electrons. The molecule has 0 aliphatic carbocycles. The second kappa shape index (κ2) is 13.1. The second-order valence-electron chi connectivity index (χ2n) is 8.04. The number of non-ortho nitro benzene ring substituents is 1. The molecule has 3 aromatic rings. The van der Waals surface area contributed by atoms with E-state index in [4.69, 9.17) is 9.15 Å². The molecule has 0 spiro atoms. The monoisotopic (exact) mass is 497 g/mol. The van der Waals surface area contributed by atoms with Crippen molar-refractivity contribution in [1.82, 2.24) is 9.80 Å². The Kier molecular flexibility index (Phi) is 9.70. The van der Waals surface area contributed by atoms with Crippen LogP contribution in [-0.2, 0) is 22.6 Å². The number of nitro benzene ring substituents is 1. The van der Waals surface area contributed by atoms with Crippen LogP contribution in [0, 0.1) is 15.9 Å². The van der Waals surface area contributed by atoms with Crippen LogP contribution < -0.4 is 0 Å². The summed E-state index contributed by atoms with van der Waals surface area (Å²) in [4.78, 5) is 40.2. The van der Waals surface area contributed by atoms with Gasteiger partial charge in [-0.1, -0.05) is 18.2 Å². The number of carbonyl (C=O) groups excluding carboxylic acids is 2. The van der Waals surface area contributed by atoms with Gasteiger partial charge >= 0.3 is 0 Å². The summed E-state index contributed by atoms with van der Waals surface area (Å²) >= 11 is 0. The van der Waals surface area contributed by atoms with Crippen molar-refractivity contribution < 1.29 is 28.1 Å². The van der Waals surface area contributed by atoms with Gasteiger partial charge in [0.2, 0.25) is 5.91 Å². The van der Waals surface area contributed by atoms with Gasteiger partial charge in [0.05, 0.1) is 17.7 Å². The van der Waals surface area contributed by atoms with Crippen molar-refractivity contribution in [2.75, 3.05) is 26.3 Å². The Morgan fingerprint density at radius 3 is 2.50 bits per heavy atom. The second-order valence-corrected chi connectivity index (χ2v) is 8.04. The van der Waals surface area contributed by atoms with Crippen LogP contribution in [0.3, 0.4) is 0 Å². The SMILES string of the molecule is CCOCCCN(CC(=O)N(Cc1ccc(F)cc1)Cc1ccco1)C(=O)c1cccc([N+](=O)[O-])c1. The number of carbonyl (C=O) groups is 2. The van der Waals surface area contributed by atoms with E-state index >= 15 is 0 Å². The van der Waals surface area contributed by atoms with Crippen molar-refractivity contribution in [2.24, 2.45) is 0 Å². The summed E-state index contributed by atoms with van der Waals surface area (Å²) in [5.41, 5.74) is 0.617. The Bertz CT molecular complexity index is 1150. The van der Waals surface area contributed by atoms with E-state index in [1.807, 2.05) is 6.92 Å². The fourth-order valence-corrected chi connectivity index (χ4v) is 3.59. The number of rotatable bonds is 13. The molecule has 0 saturated heterocycles. The zero-order valence-electron chi connectivity index (χ0n) is 20.0. The highest BCUT2D eigenvalue weighted by Crippen LogP contribution is 2.17. The van der Waals surface area contributed by atoms with Gasteiger partial charge in [0, 0.05) is 44.0 Å². The lowest BCUT2D eigenvalue weighted by Crippen LogP contribution is -2.43. The highest BCUT2D eigenvalue weighted by molar-refractivity contribution is 5.97. The van der Waals surface area contributed by atoms with E-state index in [1.54, 1.807) is 24.3 Å². The molecule has 0 bridgehead atoms. The zero-order valence-corrected chi connectivity index (χ0v) is 20.0. The van der Waals surface area contributed by atoms with E-state index < -0.39 is 10.8 Å². The number of amides is 2. The third-order valence-corrected chi connectivity index (χ3v) is 5.40. The van der Waals surface area contributed by atoms with Gasteiger partial charge in [-0.15, -0.1) is 0 Å². The van der Waals surface area contributed by atoms with E-state index in [1.165, 1.54) is 52.5 Å². The first-order chi connectivity index (χ1) is 17.4. The van der Waals surface area contributed by atoms with Gasteiger partial charge in [-0.05, 0) is 49.2 Å². The molecule has 0 saturated carbocycles. The van der Waals surface area contributed by atoms with Crippen molar-refractivity contribution in [3.05, 3.63) is 99.7 Å². The molecule has 0 N–H and O–H groups in total. The van der Waals surface area contributed by atoms with E-state index in [0.717, 1.165) is 0 Å². The van der Waals surface area contributed by atoms with Gasteiger partial charge in [0.1, 0.15) is 18.1 Å². The molecule has 1 aromatic heterocycles. The average molecular weight is 498 g/mol. The summed E-state index contributed by atoms with van der Waals surface area (Å²) in [5, 5.41) is 11.2. The summed E-state index contributed by atoms with van der Waals surface area (Å²) in [6.45, 7) is 3.07. The molecule has 0 aliphatic rings. The molecule has 10 heteroatoms. The first-order valence-electron chi connectivity index (χ1n) is 11.5. The summed E-state index contributed by atoms with van der Waals surface area (Å²) in [5.74, 6) is -0.682. The molecular formula is C26H28FN3O6. The quantitative estimate of drug-likeness (QED) is 0.197. The van der Waals surface area contributed by atoms with Crippen LogP contribution in [-0.4, -0.2) is 52.8 Å². The standard InChI is InChI=1S/C26H28FN3O6/c1-2-35-14-5-13-28(26(32)21-6-3-7-23(16-21)30(33)34)19-25(31)29(18-24-8-4-15-36-24)17-20-9-11-22(27)12-10-20/h3-4,6-12,15-16H,2,5,13-14,17-19H2,1H3. The van der Waals surface area contributed by atoms with Crippen LogP contribution in [0.5, 0.6) is 0 Å². The van der Waals surface area contributed by atoms with Gasteiger partial charge in [-0.25, -0.2) is 4.39 Å². The van der Waals surface area contributed by atoms with E-state index in [2.05, 4.69) is 0 Å². The van der Waals surface area contributed by atoms with Gasteiger partial charge < -0.3 is 19.0 Å². The van der Waals surface area contributed by atoms with Gasteiger partial charge in [0.25, 0.3) is 11.6 Å². The van der Waals surface area contributed by atoms with Crippen molar-refractivity contribution in [3.63, 3.8) is 0 Å². The predicted octanol–water partition coefficient (Wildman–Crippen LogP) is 4.42. The summed E-state index contributed by atoms with van der Waals surface area (Å²) in [6, 6.07) is 14.7. The fourth-order valence-electron chi connectivity index (χ4n) is 3.59. The third-order valence-electron chi connectivity index (χ3n) is 5.40. The normalized spacial score (nSPS) is 10.7. The summed E-state index contributed by atoms with van der Waals surface area (Å²) in [7, 11) is 0. The van der Waals surface area contributed by atoms with Gasteiger partial charge in [0.15, 0.2) is 0 Å². The van der Waals surface area contributed by atoms with Crippen molar-refractivity contribution in [3.8, 4) is 0 Å². The molecule has 0 atom stereocenters. The van der Waals surface area contributed by atoms with Crippen LogP contribution in [0.25, 0.3) is 0 Å².